The molecule has 3 nitrogen and oxygen atoms in total. The second-order valence-corrected chi connectivity index (χ2v) is 6.35. The van der Waals surface area contributed by atoms with Crippen LogP contribution in [0.15, 0.2) is 0 Å². The molecule has 0 unspecified atom stereocenters. The van der Waals surface area contributed by atoms with Gasteiger partial charge in [-0.3, -0.25) is 0 Å². The van der Waals surface area contributed by atoms with Crippen molar-refractivity contribution in [2.45, 2.75) is 96.2 Å². The molecule has 0 spiro atoms. The average Bonchev–Trinajstić information content (AvgIpc) is 2.31. The number of aliphatic hydroxyl groups is 1. The van der Waals surface area contributed by atoms with Crippen molar-refractivity contribution in [1.29, 1.82) is 0 Å². The first-order valence-corrected chi connectivity index (χ1v) is 7.93. The summed E-state index contributed by atoms with van der Waals surface area (Å²) in [7, 11) is 0. The lowest BCUT2D eigenvalue weighted by Crippen LogP contribution is -2.36. The minimum Gasteiger partial charge on any atom is -0.460 e. The molecule has 0 aromatic heterocycles. The molecule has 1 aliphatic carbocycles. The number of esters is 1. The first-order valence-electron chi connectivity index (χ1n) is 7.93. The molecule has 112 valence electrons. The molecule has 0 saturated heterocycles. The van der Waals surface area contributed by atoms with Crippen molar-refractivity contribution in [3.8, 4) is 0 Å². The van der Waals surface area contributed by atoms with Crippen molar-refractivity contribution in [1.82, 2.24) is 0 Å². The Morgan fingerprint density at radius 3 is 1.63 bits per heavy atom. The first kappa shape index (κ1) is 16.5. The average molecular weight is 270 g/mol. The second kappa shape index (κ2) is 8.57. The summed E-state index contributed by atoms with van der Waals surface area (Å²) >= 11 is 0. The van der Waals surface area contributed by atoms with E-state index < -0.39 is 11.6 Å². The molecular weight excluding hydrogens is 240 g/mol. The molecule has 3 heteroatoms. The maximum atomic E-state index is 11.7. The van der Waals surface area contributed by atoms with Crippen LogP contribution in [0.4, 0.5) is 0 Å². The van der Waals surface area contributed by atoms with Gasteiger partial charge in [0.15, 0.2) is 5.60 Å². The van der Waals surface area contributed by atoms with Gasteiger partial charge in [-0.05, 0) is 39.5 Å². The van der Waals surface area contributed by atoms with E-state index >= 15 is 0 Å². The zero-order valence-corrected chi connectivity index (χ0v) is 12.6. The molecule has 1 saturated carbocycles. The van der Waals surface area contributed by atoms with Crippen LogP contribution in [-0.2, 0) is 9.53 Å². The molecule has 0 heterocycles. The molecule has 0 atom stereocenters. The normalized spacial score (nSPS) is 21.2. The van der Waals surface area contributed by atoms with E-state index in [0.717, 1.165) is 25.7 Å². The topological polar surface area (TPSA) is 46.5 Å². The lowest BCUT2D eigenvalue weighted by molar-refractivity contribution is -0.168. The van der Waals surface area contributed by atoms with Gasteiger partial charge in [0.1, 0.15) is 6.10 Å². The van der Waals surface area contributed by atoms with Crippen molar-refractivity contribution in [3.63, 3.8) is 0 Å². The van der Waals surface area contributed by atoms with E-state index in [-0.39, 0.29) is 6.10 Å². The highest BCUT2D eigenvalue weighted by Gasteiger charge is 2.28. The van der Waals surface area contributed by atoms with Crippen molar-refractivity contribution in [2.24, 2.45) is 0 Å². The Labute approximate surface area is 117 Å². The number of hydrogen-bond donors (Lipinski definition) is 1. The predicted octanol–water partition coefficient (Wildman–Crippen LogP) is 3.97. The highest BCUT2D eigenvalue weighted by molar-refractivity contribution is 5.78. The lowest BCUT2D eigenvalue weighted by atomic mass is 9.99. The van der Waals surface area contributed by atoms with Crippen LogP contribution in [-0.4, -0.2) is 22.8 Å². The van der Waals surface area contributed by atoms with Gasteiger partial charge in [-0.2, -0.15) is 0 Å². The maximum Gasteiger partial charge on any atom is 0.337 e. The Kier molecular flexibility index (Phi) is 7.44. The highest BCUT2D eigenvalue weighted by Crippen LogP contribution is 2.20. The Morgan fingerprint density at radius 2 is 1.26 bits per heavy atom. The SMILES string of the molecule is CC(C)(O)C(=O)OC1CCCCCCCCCCC1. The molecule has 0 aromatic rings. The van der Waals surface area contributed by atoms with Gasteiger partial charge in [0.05, 0.1) is 0 Å². The zero-order chi connectivity index (χ0) is 14.1. The van der Waals surface area contributed by atoms with Crippen molar-refractivity contribution < 1.29 is 14.6 Å². The van der Waals surface area contributed by atoms with Crippen LogP contribution in [0.3, 0.4) is 0 Å². The van der Waals surface area contributed by atoms with E-state index in [1.807, 2.05) is 0 Å². The van der Waals surface area contributed by atoms with E-state index in [4.69, 9.17) is 4.74 Å². The molecule has 0 aromatic carbocycles. The van der Waals surface area contributed by atoms with Gasteiger partial charge in [-0.15, -0.1) is 0 Å². The van der Waals surface area contributed by atoms with Crippen LogP contribution in [0.25, 0.3) is 0 Å². The van der Waals surface area contributed by atoms with Crippen LogP contribution < -0.4 is 0 Å². The van der Waals surface area contributed by atoms with Gasteiger partial charge in [-0.1, -0.05) is 44.9 Å². The number of carbonyl (C=O) groups excluding carboxylic acids is 1. The van der Waals surface area contributed by atoms with Crippen molar-refractivity contribution >= 4 is 5.97 Å². The van der Waals surface area contributed by atoms with Gasteiger partial charge in [-0.25, -0.2) is 4.79 Å². The van der Waals surface area contributed by atoms with Gasteiger partial charge in [0, 0.05) is 0 Å². The lowest BCUT2D eigenvalue weighted by Gasteiger charge is -2.23. The van der Waals surface area contributed by atoms with E-state index in [9.17, 15) is 9.90 Å². The van der Waals surface area contributed by atoms with Gasteiger partial charge >= 0.3 is 5.97 Å². The molecule has 0 amide bonds. The van der Waals surface area contributed by atoms with Gasteiger partial charge in [0.25, 0.3) is 0 Å². The fourth-order valence-corrected chi connectivity index (χ4v) is 2.54. The minimum absolute atomic E-state index is 0.00153. The summed E-state index contributed by atoms with van der Waals surface area (Å²) in [6.45, 7) is 2.98. The van der Waals surface area contributed by atoms with Crippen LogP contribution >= 0.6 is 0 Å². The standard InChI is InChI=1S/C16H30O3/c1-16(2,18)15(17)19-14-12-10-8-6-4-3-5-7-9-11-13-14/h14,18H,3-13H2,1-2H3. The Bertz CT molecular complexity index is 243. The van der Waals surface area contributed by atoms with Crippen molar-refractivity contribution in [3.05, 3.63) is 0 Å². The monoisotopic (exact) mass is 270 g/mol. The fourth-order valence-electron chi connectivity index (χ4n) is 2.54. The van der Waals surface area contributed by atoms with E-state index in [1.54, 1.807) is 0 Å². The molecule has 0 bridgehead atoms. The summed E-state index contributed by atoms with van der Waals surface area (Å²) in [6.07, 6.45) is 13.3. The van der Waals surface area contributed by atoms with Gasteiger partial charge in [0.2, 0.25) is 0 Å². The third kappa shape index (κ3) is 7.56. The third-order valence-electron chi connectivity index (χ3n) is 3.83. The number of rotatable bonds is 2. The highest BCUT2D eigenvalue weighted by atomic mass is 16.6. The third-order valence-corrected chi connectivity index (χ3v) is 3.83. The van der Waals surface area contributed by atoms with Crippen LogP contribution in [0.5, 0.6) is 0 Å². The largest absolute Gasteiger partial charge is 0.460 e. The Hall–Kier alpha value is -0.570. The molecular formula is C16H30O3. The second-order valence-electron chi connectivity index (χ2n) is 6.35. The smallest absolute Gasteiger partial charge is 0.337 e. The summed E-state index contributed by atoms with van der Waals surface area (Å²) in [4.78, 5) is 11.7. The molecule has 1 aliphatic rings. The Morgan fingerprint density at radius 1 is 0.895 bits per heavy atom. The summed E-state index contributed by atoms with van der Waals surface area (Å²) < 4.78 is 5.47. The first-order chi connectivity index (χ1) is 9.00. The van der Waals surface area contributed by atoms with E-state index in [1.165, 1.54) is 58.8 Å². The molecule has 1 rings (SSSR count). The fraction of sp³-hybridized carbons (Fsp3) is 0.938. The molecule has 0 radical (unpaired) electrons. The molecule has 1 fully saturated rings. The summed E-state index contributed by atoms with van der Waals surface area (Å²) in [5.41, 5.74) is -1.37. The molecule has 1 N–H and O–H groups in total. The number of hydrogen-bond acceptors (Lipinski definition) is 3. The molecule has 0 aliphatic heterocycles. The zero-order valence-electron chi connectivity index (χ0n) is 12.6. The van der Waals surface area contributed by atoms with E-state index in [2.05, 4.69) is 0 Å². The maximum absolute atomic E-state index is 11.7. The van der Waals surface area contributed by atoms with Crippen LogP contribution in [0.1, 0.15) is 84.5 Å². The van der Waals surface area contributed by atoms with E-state index in [0.29, 0.717) is 0 Å². The predicted molar refractivity (Wildman–Crippen MR) is 77.0 cm³/mol. The minimum atomic E-state index is -1.37. The number of carbonyl (C=O) groups is 1. The quantitative estimate of drug-likeness (QED) is 0.772. The molecule has 19 heavy (non-hydrogen) atoms. The Balaban J connectivity index is 2.40. The summed E-state index contributed by atoms with van der Waals surface area (Å²) in [6, 6.07) is 0. The number of ether oxygens (including phenoxy) is 1. The summed E-state index contributed by atoms with van der Waals surface area (Å²) in [5.74, 6) is -0.482. The van der Waals surface area contributed by atoms with Crippen LogP contribution in [0, 0.1) is 0 Å². The van der Waals surface area contributed by atoms with Gasteiger partial charge < -0.3 is 9.84 Å². The summed E-state index contributed by atoms with van der Waals surface area (Å²) in [5, 5.41) is 9.65. The van der Waals surface area contributed by atoms with Crippen LogP contribution in [0.2, 0.25) is 0 Å². The van der Waals surface area contributed by atoms with Crippen molar-refractivity contribution in [2.75, 3.05) is 0 Å².